The maximum absolute atomic E-state index is 14.1. The average molecular weight is 414 g/mol. The van der Waals surface area contributed by atoms with Crippen molar-refractivity contribution in [2.75, 3.05) is 45.9 Å². The smallest absolute Gasteiger partial charge is 0.234 e. The van der Waals surface area contributed by atoms with Crippen LogP contribution in [0.1, 0.15) is 18.4 Å². The molecule has 2 aliphatic rings. The first-order valence-corrected chi connectivity index (χ1v) is 9.67. The van der Waals surface area contributed by atoms with Crippen molar-refractivity contribution in [3.8, 4) is 0 Å². The number of nitrogens with zero attached hydrogens (tertiary/aromatic N) is 2. The van der Waals surface area contributed by atoms with Crippen LogP contribution in [0.2, 0.25) is 0 Å². The second-order valence-electron chi connectivity index (χ2n) is 6.70. The predicted molar refractivity (Wildman–Crippen MR) is 97.8 cm³/mol. The summed E-state index contributed by atoms with van der Waals surface area (Å²) >= 11 is 3.23. The summed E-state index contributed by atoms with van der Waals surface area (Å²) < 4.78 is 20.1. The molecule has 138 valence electrons. The van der Waals surface area contributed by atoms with E-state index in [-0.39, 0.29) is 17.8 Å². The Morgan fingerprint density at radius 3 is 2.76 bits per heavy atom. The molecule has 2 saturated heterocycles. The molecule has 7 heteroatoms. The first-order chi connectivity index (χ1) is 12.1. The molecule has 1 aromatic carbocycles. The highest BCUT2D eigenvalue weighted by molar-refractivity contribution is 9.10. The average Bonchev–Trinajstić information content (AvgIpc) is 3.12. The number of benzene rings is 1. The van der Waals surface area contributed by atoms with Gasteiger partial charge >= 0.3 is 0 Å². The molecule has 3 rings (SSSR count). The second kappa shape index (κ2) is 9.07. The van der Waals surface area contributed by atoms with E-state index in [1.807, 2.05) is 12.1 Å². The molecule has 0 aliphatic carbocycles. The molecule has 2 aliphatic heterocycles. The van der Waals surface area contributed by atoms with Gasteiger partial charge in [0.15, 0.2) is 0 Å². The molecule has 0 spiro atoms. The summed E-state index contributed by atoms with van der Waals surface area (Å²) in [6, 6.07) is 5.40. The number of carbonyl (C=O) groups excluding carboxylic acids is 1. The monoisotopic (exact) mass is 413 g/mol. The summed E-state index contributed by atoms with van der Waals surface area (Å²) in [5, 5.41) is 2.96. The van der Waals surface area contributed by atoms with Crippen LogP contribution in [0.15, 0.2) is 22.7 Å². The molecule has 1 aromatic rings. The Hall–Kier alpha value is -1.02. The molecule has 1 atom stereocenters. The number of piperazine rings is 1. The molecule has 1 N–H and O–H groups in total. The van der Waals surface area contributed by atoms with Crippen LogP contribution in [0.25, 0.3) is 0 Å². The fraction of sp³-hybridized carbons (Fsp3) is 0.611. The Balaban J connectivity index is 1.38. The number of hydrogen-bond donors (Lipinski definition) is 1. The van der Waals surface area contributed by atoms with Crippen molar-refractivity contribution in [2.24, 2.45) is 0 Å². The summed E-state index contributed by atoms with van der Waals surface area (Å²) in [5.41, 5.74) is 0.706. The molecule has 0 radical (unpaired) electrons. The zero-order valence-electron chi connectivity index (χ0n) is 14.3. The van der Waals surface area contributed by atoms with Crippen molar-refractivity contribution >= 4 is 21.8 Å². The van der Waals surface area contributed by atoms with Gasteiger partial charge in [-0.15, -0.1) is 0 Å². The Morgan fingerprint density at radius 1 is 1.28 bits per heavy atom. The lowest BCUT2D eigenvalue weighted by Crippen LogP contribution is -2.49. The van der Waals surface area contributed by atoms with Crippen LogP contribution in [0.4, 0.5) is 4.39 Å². The standard InChI is InChI=1S/C18H25BrFN3O2/c19-16-5-1-3-14(18(16)20)12-22-6-8-23(9-7-22)13-17(24)21-11-15-4-2-10-25-15/h1,3,5,15H,2,4,6-13H2,(H,21,24). The highest BCUT2D eigenvalue weighted by Gasteiger charge is 2.21. The van der Waals surface area contributed by atoms with E-state index in [1.165, 1.54) is 0 Å². The Kier molecular flexibility index (Phi) is 6.81. The highest BCUT2D eigenvalue weighted by atomic mass is 79.9. The lowest BCUT2D eigenvalue weighted by Gasteiger charge is -2.34. The van der Waals surface area contributed by atoms with Crippen molar-refractivity contribution in [2.45, 2.75) is 25.5 Å². The summed E-state index contributed by atoms with van der Waals surface area (Å²) in [5.74, 6) is -0.125. The third-order valence-electron chi connectivity index (χ3n) is 4.81. The van der Waals surface area contributed by atoms with Gasteiger partial charge in [-0.1, -0.05) is 12.1 Å². The van der Waals surface area contributed by atoms with E-state index in [2.05, 4.69) is 31.0 Å². The van der Waals surface area contributed by atoms with Crippen molar-refractivity contribution < 1.29 is 13.9 Å². The van der Waals surface area contributed by atoms with E-state index in [0.717, 1.165) is 45.6 Å². The van der Waals surface area contributed by atoms with Crippen molar-refractivity contribution in [1.82, 2.24) is 15.1 Å². The lowest BCUT2D eigenvalue weighted by molar-refractivity contribution is -0.123. The first kappa shape index (κ1) is 18.8. The molecule has 2 fully saturated rings. The highest BCUT2D eigenvalue weighted by Crippen LogP contribution is 2.20. The van der Waals surface area contributed by atoms with Crippen molar-refractivity contribution in [3.63, 3.8) is 0 Å². The van der Waals surface area contributed by atoms with E-state index in [0.29, 0.717) is 29.7 Å². The third kappa shape index (κ3) is 5.48. The molecule has 2 heterocycles. The minimum absolute atomic E-state index is 0.0574. The van der Waals surface area contributed by atoms with Crippen LogP contribution in [-0.2, 0) is 16.1 Å². The maximum atomic E-state index is 14.1. The Morgan fingerprint density at radius 2 is 2.04 bits per heavy atom. The Labute approximate surface area is 156 Å². The van der Waals surface area contributed by atoms with Gasteiger partial charge in [0.05, 0.1) is 17.1 Å². The molecule has 5 nitrogen and oxygen atoms in total. The SMILES string of the molecule is O=C(CN1CCN(Cc2cccc(Br)c2F)CC1)NCC1CCCO1. The van der Waals surface area contributed by atoms with E-state index in [4.69, 9.17) is 4.74 Å². The normalized spacial score (nSPS) is 22.2. The second-order valence-corrected chi connectivity index (χ2v) is 7.56. The minimum Gasteiger partial charge on any atom is -0.376 e. The summed E-state index contributed by atoms with van der Waals surface area (Å²) in [7, 11) is 0. The zero-order valence-corrected chi connectivity index (χ0v) is 15.9. The van der Waals surface area contributed by atoms with E-state index < -0.39 is 0 Å². The third-order valence-corrected chi connectivity index (χ3v) is 5.42. The first-order valence-electron chi connectivity index (χ1n) is 8.88. The Bertz CT molecular complexity index is 588. The van der Waals surface area contributed by atoms with Crippen molar-refractivity contribution in [3.05, 3.63) is 34.1 Å². The van der Waals surface area contributed by atoms with Crippen LogP contribution < -0.4 is 5.32 Å². The van der Waals surface area contributed by atoms with Gasteiger partial charge in [0.1, 0.15) is 5.82 Å². The zero-order chi connectivity index (χ0) is 17.6. The summed E-state index contributed by atoms with van der Waals surface area (Å²) in [4.78, 5) is 16.4. The van der Waals surface area contributed by atoms with E-state index in [1.54, 1.807) is 6.07 Å². The van der Waals surface area contributed by atoms with E-state index in [9.17, 15) is 9.18 Å². The fourth-order valence-electron chi connectivity index (χ4n) is 3.31. The number of halogens is 2. The molecular formula is C18H25BrFN3O2. The minimum atomic E-state index is -0.182. The van der Waals surface area contributed by atoms with Gasteiger partial charge in [0.2, 0.25) is 5.91 Å². The van der Waals surface area contributed by atoms with Gasteiger partial charge < -0.3 is 10.1 Å². The van der Waals surface area contributed by atoms with Gasteiger partial charge in [-0.05, 0) is 34.8 Å². The summed E-state index contributed by atoms with van der Waals surface area (Å²) in [6.45, 7) is 5.76. The van der Waals surface area contributed by atoms with Gasteiger partial charge in [0.25, 0.3) is 0 Å². The molecular weight excluding hydrogens is 389 g/mol. The number of rotatable bonds is 6. The number of ether oxygens (including phenoxy) is 1. The number of nitrogens with one attached hydrogen (secondary N) is 1. The topological polar surface area (TPSA) is 44.8 Å². The fourth-order valence-corrected chi connectivity index (χ4v) is 3.72. The van der Waals surface area contributed by atoms with Crippen LogP contribution in [0, 0.1) is 5.82 Å². The maximum Gasteiger partial charge on any atom is 0.234 e. The molecule has 25 heavy (non-hydrogen) atoms. The molecule has 1 amide bonds. The van der Waals surface area contributed by atoms with Crippen LogP contribution in [-0.4, -0.2) is 67.7 Å². The molecule has 0 bridgehead atoms. The number of amides is 1. The van der Waals surface area contributed by atoms with Gasteiger partial charge in [0, 0.05) is 51.4 Å². The lowest BCUT2D eigenvalue weighted by atomic mass is 10.2. The van der Waals surface area contributed by atoms with Gasteiger partial charge in [-0.3, -0.25) is 14.6 Å². The quantitative estimate of drug-likeness (QED) is 0.774. The van der Waals surface area contributed by atoms with E-state index >= 15 is 0 Å². The molecule has 1 unspecified atom stereocenters. The van der Waals surface area contributed by atoms with Crippen LogP contribution in [0.3, 0.4) is 0 Å². The largest absolute Gasteiger partial charge is 0.376 e. The summed E-state index contributed by atoms with van der Waals surface area (Å²) in [6.07, 6.45) is 2.30. The van der Waals surface area contributed by atoms with Crippen molar-refractivity contribution in [1.29, 1.82) is 0 Å². The predicted octanol–water partition coefficient (Wildman–Crippen LogP) is 2.00. The number of hydrogen-bond acceptors (Lipinski definition) is 4. The van der Waals surface area contributed by atoms with Gasteiger partial charge in [-0.25, -0.2) is 4.39 Å². The molecule has 0 aromatic heterocycles. The van der Waals surface area contributed by atoms with Gasteiger partial charge in [-0.2, -0.15) is 0 Å². The number of carbonyl (C=O) groups is 1. The van der Waals surface area contributed by atoms with Crippen LogP contribution >= 0.6 is 15.9 Å². The van der Waals surface area contributed by atoms with Crippen LogP contribution in [0.5, 0.6) is 0 Å². The molecule has 0 saturated carbocycles.